The number of carbonyl (C=O) groups excluding carboxylic acids is 1. The van der Waals surface area contributed by atoms with E-state index in [2.05, 4.69) is 20.5 Å². The van der Waals surface area contributed by atoms with Crippen LogP contribution in [-0.2, 0) is 17.9 Å². The molecule has 3 aromatic rings. The summed E-state index contributed by atoms with van der Waals surface area (Å²) in [5.41, 5.74) is 4.97. The SMILES string of the molecule is Cc1ccccc1N1CCN(Cc2cncn2Cc2ccc(C#N)cc2)CC1=O. The number of aromatic nitrogens is 2. The topological polar surface area (TPSA) is 65.2 Å². The number of nitriles is 1. The summed E-state index contributed by atoms with van der Waals surface area (Å²) in [6.07, 6.45) is 3.68. The second-order valence-electron chi connectivity index (χ2n) is 7.36. The Hall–Kier alpha value is -3.43. The summed E-state index contributed by atoms with van der Waals surface area (Å²) in [5.74, 6) is 0.128. The van der Waals surface area contributed by atoms with Crippen LogP contribution in [-0.4, -0.2) is 40.0 Å². The van der Waals surface area contributed by atoms with Gasteiger partial charge in [-0.1, -0.05) is 30.3 Å². The third-order valence-electron chi connectivity index (χ3n) is 5.33. The number of hydrogen-bond acceptors (Lipinski definition) is 4. The largest absolute Gasteiger partial charge is 0.329 e. The van der Waals surface area contributed by atoms with Crippen LogP contribution in [0.4, 0.5) is 5.69 Å². The van der Waals surface area contributed by atoms with Crippen LogP contribution < -0.4 is 4.90 Å². The van der Waals surface area contributed by atoms with Gasteiger partial charge in [0.15, 0.2) is 0 Å². The summed E-state index contributed by atoms with van der Waals surface area (Å²) in [5, 5.41) is 8.94. The molecule has 4 rings (SSSR count). The van der Waals surface area contributed by atoms with E-state index in [1.54, 1.807) is 0 Å². The van der Waals surface area contributed by atoms with Crippen LogP contribution >= 0.6 is 0 Å². The molecule has 0 radical (unpaired) electrons. The molecule has 1 aliphatic heterocycles. The third-order valence-corrected chi connectivity index (χ3v) is 5.33. The molecular formula is C23H23N5O. The molecule has 29 heavy (non-hydrogen) atoms. The summed E-state index contributed by atoms with van der Waals surface area (Å²) < 4.78 is 2.10. The minimum atomic E-state index is 0.128. The lowest BCUT2D eigenvalue weighted by molar-refractivity contribution is -0.121. The van der Waals surface area contributed by atoms with Crippen molar-refractivity contribution in [2.45, 2.75) is 20.0 Å². The van der Waals surface area contributed by atoms with E-state index in [0.29, 0.717) is 31.7 Å². The zero-order chi connectivity index (χ0) is 20.2. The highest BCUT2D eigenvalue weighted by atomic mass is 16.2. The molecule has 146 valence electrons. The number of imidazole rings is 1. The summed E-state index contributed by atoms with van der Waals surface area (Å²) >= 11 is 0. The molecule has 0 bridgehead atoms. The second-order valence-corrected chi connectivity index (χ2v) is 7.36. The van der Waals surface area contributed by atoms with E-state index in [4.69, 9.17) is 5.26 Å². The van der Waals surface area contributed by atoms with Crippen molar-refractivity contribution in [3.63, 3.8) is 0 Å². The second kappa shape index (κ2) is 8.29. The highest BCUT2D eigenvalue weighted by Gasteiger charge is 2.26. The lowest BCUT2D eigenvalue weighted by Gasteiger charge is -2.35. The van der Waals surface area contributed by atoms with Crippen LogP contribution in [0.5, 0.6) is 0 Å². The van der Waals surface area contributed by atoms with Crippen molar-refractivity contribution in [2.24, 2.45) is 0 Å². The molecule has 1 amide bonds. The van der Waals surface area contributed by atoms with E-state index in [1.807, 2.05) is 72.9 Å². The maximum atomic E-state index is 12.8. The number of benzene rings is 2. The van der Waals surface area contributed by atoms with Gasteiger partial charge in [0.05, 0.1) is 30.2 Å². The number of para-hydroxylation sites is 1. The average Bonchev–Trinajstić information content (AvgIpc) is 3.16. The molecule has 6 heteroatoms. The molecule has 6 nitrogen and oxygen atoms in total. The minimum absolute atomic E-state index is 0.128. The van der Waals surface area contributed by atoms with Gasteiger partial charge in [0.25, 0.3) is 0 Å². The molecule has 1 saturated heterocycles. The zero-order valence-corrected chi connectivity index (χ0v) is 16.5. The van der Waals surface area contributed by atoms with E-state index in [0.717, 1.165) is 29.1 Å². The zero-order valence-electron chi connectivity index (χ0n) is 16.5. The maximum Gasteiger partial charge on any atom is 0.241 e. The average molecular weight is 385 g/mol. The number of amides is 1. The van der Waals surface area contributed by atoms with Gasteiger partial charge < -0.3 is 9.47 Å². The fourth-order valence-electron chi connectivity index (χ4n) is 3.71. The van der Waals surface area contributed by atoms with Gasteiger partial charge in [-0.2, -0.15) is 5.26 Å². The van der Waals surface area contributed by atoms with Gasteiger partial charge in [0.2, 0.25) is 5.91 Å². The van der Waals surface area contributed by atoms with E-state index in [-0.39, 0.29) is 5.91 Å². The molecule has 0 unspecified atom stereocenters. The Morgan fingerprint density at radius 3 is 2.59 bits per heavy atom. The van der Waals surface area contributed by atoms with Crippen LogP contribution in [0.25, 0.3) is 0 Å². The number of carbonyl (C=O) groups is 1. The standard InChI is InChI=1S/C23H23N5O/c1-18-4-2-3-5-22(18)28-11-10-26(16-23(28)29)15-21-13-25-17-27(21)14-20-8-6-19(12-24)7-9-20/h2-9,13,17H,10-11,14-16H2,1H3. The molecule has 0 N–H and O–H groups in total. The van der Waals surface area contributed by atoms with Crippen molar-refractivity contribution < 1.29 is 4.79 Å². The van der Waals surface area contributed by atoms with Crippen molar-refractivity contribution in [3.05, 3.63) is 83.4 Å². The van der Waals surface area contributed by atoms with E-state index < -0.39 is 0 Å². The minimum Gasteiger partial charge on any atom is -0.329 e. The van der Waals surface area contributed by atoms with Crippen molar-refractivity contribution in [1.29, 1.82) is 5.26 Å². The van der Waals surface area contributed by atoms with E-state index >= 15 is 0 Å². The highest BCUT2D eigenvalue weighted by molar-refractivity contribution is 5.96. The van der Waals surface area contributed by atoms with Crippen molar-refractivity contribution in [1.82, 2.24) is 14.5 Å². The first kappa shape index (κ1) is 18.9. The van der Waals surface area contributed by atoms with Gasteiger partial charge in [0.1, 0.15) is 0 Å². The van der Waals surface area contributed by atoms with Gasteiger partial charge in [-0.3, -0.25) is 9.69 Å². The summed E-state index contributed by atoms with van der Waals surface area (Å²) in [6, 6.07) is 17.7. The smallest absolute Gasteiger partial charge is 0.241 e. The molecule has 2 aromatic carbocycles. The van der Waals surface area contributed by atoms with Gasteiger partial charge >= 0.3 is 0 Å². The van der Waals surface area contributed by atoms with Crippen molar-refractivity contribution >= 4 is 11.6 Å². The van der Waals surface area contributed by atoms with Crippen LogP contribution in [0.1, 0.15) is 22.4 Å². The Morgan fingerprint density at radius 1 is 1.07 bits per heavy atom. The molecule has 0 saturated carbocycles. The molecule has 1 fully saturated rings. The Morgan fingerprint density at radius 2 is 1.86 bits per heavy atom. The Kier molecular flexibility index (Phi) is 5.41. The summed E-state index contributed by atoms with van der Waals surface area (Å²) in [7, 11) is 0. The molecule has 1 aromatic heterocycles. The predicted molar refractivity (Wildman–Crippen MR) is 111 cm³/mol. The van der Waals surface area contributed by atoms with Gasteiger partial charge in [-0.05, 0) is 36.2 Å². The van der Waals surface area contributed by atoms with E-state index in [1.165, 1.54) is 0 Å². The molecule has 0 spiro atoms. The Bertz CT molecular complexity index is 1050. The fourth-order valence-corrected chi connectivity index (χ4v) is 3.71. The first-order valence-corrected chi connectivity index (χ1v) is 9.70. The number of piperazine rings is 1. The normalized spacial score (nSPS) is 14.8. The van der Waals surface area contributed by atoms with Gasteiger partial charge in [0, 0.05) is 38.1 Å². The van der Waals surface area contributed by atoms with Gasteiger partial charge in [-0.25, -0.2) is 4.98 Å². The lowest BCUT2D eigenvalue weighted by Crippen LogP contribution is -2.50. The lowest BCUT2D eigenvalue weighted by atomic mass is 10.1. The first-order chi connectivity index (χ1) is 14.1. The van der Waals surface area contributed by atoms with Crippen LogP contribution in [0, 0.1) is 18.3 Å². The Labute approximate surface area is 170 Å². The monoisotopic (exact) mass is 385 g/mol. The number of rotatable bonds is 5. The number of nitrogens with zero attached hydrogens (tertiary/aromatic N) is 5. The molecule has 0 aliphatic carbocycles. The first-order valence-electron chi connectivity index (χ1n) is 9.70. The molecule has 2 heterocycles. The fraction of sp³-hybridized carbons (Fsp3) is 0.261. The van der Waals surface area contributed by atoms with Crippen LogP contribution in [0.2, 0.25) is 0 Å². The molecular weight excluding hydrogens is 362 g/mol. The Balaban J connectivity index is 1.41. The summed E-state index contributed by atoms with van der Waals surface area (Å²) in [4.78, 5) is 21.1. The van der Waals surface area contributed by atoms with Crippen molar-refractivity contribution in [2.75, 3.05) is 24.5 Å². The van der Waals surface area contributed by atoms with Crippen LogP contribution in [0.3, 0.4) is 0 Å². The number of anilines is 1. The summed E-state index contributed by atoms with van der Waals surface area (Å²) in [6.45, 7) is 5.32. The predicted octanol–water partition coefficient (Wildman–Crippen LogP) is 2.96. The third kappa shape index (κ3) is 4.20. The highest BCUT2D eigenvalue weighted by Crippen LogP contribution is 2.22. The van der Waals surface area contributed by atoms with Crippen LogP contribution in [0.15, 0.2) is 61.1 Å². The van der Waals surface area contributed by atoms with Crippen molar-refractivity contribution in [3.8, 4) is 6.07 Å². The number of aryl methyl sites for hydroxylation is 1. The maximum absolute atomic E-state index is 12.8. The molecule has 1 aliphatic rings. The molecule has 0 atom stereocenters. The van der Waals surface area contributed by atoms with Gasteiger partial charge in [-0.15, -0.1) is 0 Å². The quantitative estimate of drug-likeness (QED) is 0.677. The number of hydrogen-bond donors (Lipinski definition) is 0. The van der Waals surface area contributed by atoms with E-state index in [9.17, 15) is 4.79 Å².